The van der Waals surface area contributed by atoms with E-state index in [1.807, 2.05) is 6.07 Å². The van der Waals surface area contributed by atoms with Crippen LogP contribution in [0, 0.1) is 11.7 Å². The van der Waals surface area contributed by atoms with Crippen molar-refractivity contribution in [3.05, 3.63) is 23.3 Å². The largest absolute Gasteiger partial charge is 0.385 e. The quantitative estimate of drug-likeness (QED) is 0.687. The molecule has 0 radical (unpaired) electrons. The Labute approximate surface area is 89.5 Å². The summed E-state index contributed by atoms with van der Waals surface area (Å²) >= 11 is 0. The maximum Gasteiger partial charge on any atom is 0.188 e. The van der Waals surface area contributed by atoms with Crippen LogP contribution >= 0.6 is 0 Å². The van der Waals surface area contributed by atoms with Crippen LogP contribution in [-0.4, -0.2) is 15.3 Å². The summed E-state index contributed by atoms with van der Waals surface area (Å²) in [5.74, 6) is 0. The van der Waals surface area contributed by atoms with Crippen LogP contribution in [0.15, 0.2) is 17.0 Å². The van der Waals surface area contributed by atoms with Gasteiger partial charge in [-0.25, -0.2) is 8.99 Å². The fourth-order valence-electron chi connectivity index (χ4n) is 2.03. The zero-order valence-electron chi connectivity index (χ0n) is 8.54. The monoisotopic (exact) mass is 226 g/mol. The number of aryl methyl sites for hydroxylation is 1. The topological polar surface area (TPSA) is 73.2 Å². The normalized spacial score (nSPS) is 18.8. The number of hydrogen-bond acceptors (Lipinski definition) is 3. The molecule has 0 saturated carbocycles. The Morgan fingerprint density at radius 1 is 1.53 bits per heavy atom. The van der Waals surface area contributed by atoms with E-state index in [9.17, 15) is 8.76 Å². The minimum absolute atomic E-state index is 0.298. The van der Waals surface area contributed by atoms with Gasteiger partial charge in [-0.05, 0) is 37.0 Å². The first-order valence-electron chi connectivity index (χ1n) is 4.88. The van der Waals surface area contributed by atoms with Crippen LogP contribution < -0.4 is 5.32 Å². The van der Waals surface area contributed by atoms with E-state index in [1.54, 1.807) is 13.0 Å². The fourth-order valence-corrected chi connectivity index (χ4v) is 3.08. The molecule has 1 heterocycles. The number of benzene rings is 1. The Balaban J connectivity index is 2.71. The van der Waals surface area contributed by atoms with E-state index in [1.165, 1.54) is 0 Å². The SMILES string of the molecule is Cc1ccc2c(c1S(=N)(=O)O)CCCN2. The number of rotatable bonds is 1. The lowest BCUT2D eigenvalue weighted by Crippen LogP contribution is -2.16. The highest BCUT2D eigenvalue weighted by molar-refractivity contribution is 7.87. The molecule has 0 fully saturated rings. The lowest BCUT2D eigenvalue weighted by molar-refractivity contribution is 0.546. The summed E-state index contributed by atoms with van der Waals surface area (Å²) in [7, 11) is -3.61. The van der Waals surface area contributed by atoms with Crippen molar-refractivity contribution in [2.45, 2.75) is 24.7 Å². The van der Waals surface area contributed by atoms with Gasteiger partial charge in [0.1, 0.15) is 0 Å². The second-order valence-electron chi connectivity index (χ2n) is 3.79. The first kappa shape index (κ1) is 10.4. The molecule has 1 aliphatic rings. The summed E-state index contributed by atoms with van der Waals surface area (Å²) < 4.78 is 28.2. The van der Waals surface area contributed by atoms with E-state index in [2.05, 4.69) is 5.32 Å². The Bertz CT molecular complexity index is 494. The lowest BCUT2D eigenvalue weighted by Gasteiger charge is -2.21. The van der Waals surface area contributed by atoms with Crippen LogP contribution in [0.1, 0.15) is 17.5 Å². The number of hydrogen-bond donors (Lipinski definition) is 3. The van der Waals surface area contributed by atoms with Crippen molar-refractivity contribution in [3.8, 4) is 0 Å². The van der Waals surface area contributed by atoms with E-state index in [0.717, 1.165) is 36.2 Å². The summed E-state index contributed by atoms with van der Waals surface area (Å²) in [6.45, 7) is 2.66. The summed E-state index contributed by atoms with van der Waals surface area (Å²) in [5, 5.41) is 3.18. The van der Waals surface area contributed by atoms with Crippen LogP contribution in [0.4, 0.5) is 5.69 Å². The minimum Gasteiger partial charge on any atom is -0.385 e. The molecule has 0 bridgehead atoms. The van der Waals surface area contributed by atoms with Crippen molar-refractivity contribution >= 4 is 15.7 Å². The molecule has 1 aliphatic heterocycles. The molecule has 15 heavy (non-hydrogen) atoms. The first-order valence-corrected chi connectivity index (χ1v) is 6.39. The number of nitrogens with one attached hydrogen (secondary N) is 2. The summed E-state index contributed by atoms with van der Waals surface area (Å²) in [6, 6.07) is 3.70. The average Bonchev–Trinajstić information content (AvgIpc) is 2.15. The van der Waals surface area contributed by atoms with Gasteiger partial charge in [-0.15, -0.1) is 0 Å². The van der Waals surface area contributed by atoms with Crippen molar-refractivity contribution in [2.24, 2.45) is 0 Å². The van der Waals surface area contributed by atoms with Gasteiger partial charge in [-0.3, -0.25) is 4.55 Å². The van der Waals surface area contributed by atoms with Gasteiger partial charge in [0, 0.05) is 12.2 Å². The maximum atomic E-state index is 11.5. The molecule has 0 aromatic heterocycles. The van der Waals surface area contributed by atoms with E-state index < -0.39 is 10.0 Å². The van der Waals surface area contributed by atoms with Crippen LogP contribution in [-0.2, 0) is 16.4 Å². The van der Waals surface area contributed by atoms with Gasteiger partial charge in [-0.2, -0.15) is 0 Å². The third kappa shape index (κ3) is 1.85. The highest BCUT2D eigenvalue weighted by Crippen LogP contribution is 2.31. The van der Waals surface area contributed by atoms with Gasteiger partial charge in [-0.1, -0.05) is 6.07 Å². The van der Waals surface area contributed by atoms with Crippen LogP contribution in [0.5, 0.6) is 0 Å². The zero-order valence-corrected chi connectivity index (χ0v) is 9.36. The van der Waals surface area contributed by atoms with E-state index in [0.29, 0.717) is 4.90 Å². The highest BCUT2D eigenvalue weighted by Gasteiger charge is 2.20. The molecule has 4 nitrogen and oxygen atoms in total. The van der Waals surface area contributed by atoms with Crippen LogP contribution in [0.25, 0.3) is 0 Å². The fraction of sp³-hybridized carbons (Fsp3) is 0.400. The van der Waals surface area contributed by atoms with Crippen molar-refractivity contribution in [3.63, 3.8) is 0 Å². The molecule has 1 atom stereocenters. The van der Waals surface area contributed by atoms with Gasteiger partial charge >= 0.3 is 0 Å². The summed E-state index contributed by atoms with van der Waals surface area (Å²) in [4.78, 5) is 0.298. The molecule has 1 aromatic carbocycles. The Kier molecular flexibility index (Phi) is 2.44. The standard InChI is InChI=1S/C10H14N2O2S/c1-7-4-5-9-8(3-2-6-12-9)10(7)15(11,13)14/h4-5,12H,2-3,6H2,1H3,(H2,11,13,14). The number of fused-ring (bicyclic) bond motifs is 1. The van der Waals surface area contributed by atoms with Gasteiger partial charge in [0.15, 0.2) is 10.0 Å². The minimum atomic E-state index is -3.61. The highest BCUT2D eigenvalue weighted by atomic mass is 32.2. The molecule has 1 unspecified atom stereocenters. The molecule has 0 amide bonds. The molecular formula is C10H14N2O2S. The summed E-state index contributed by atoms with van der Waals surface area (Å²) in [6.07, 6.45) is 1.72. The second-order valence-corrected chi connectivity index (χ2v) is 5.25. The second kappa shape index (κ2) is 3.50. The lowest BCUT2D eigenvalue weighted by atomic mass is 10.0. The Hall–Kier alpha value is -1.07. The molecule has 0 aliphatic carbocycles. The van der Waals surface area contributed by atoms with Crippen LogP contribution in [0.2, 0.25) is 0 Å². The van der Waals surface area contributed by atoms with Crippen molar-refractivity contribution in [1.82, 2.24) is 0 Å². The third-order valence-electron chi connectivity index (χ3n) is 2.65. The van der Waals surface area contributed by atoms with E-state index >= 15 is 0 Å². The van der Waals surface area contributed by atoms with Gasteiger partial charge in [0.05, 0.1) is 4.90 Å². The predicted molar refractivity (Wildman–Crippen MR) is 59.7 cm³/mol. The molecule has 5 heteroatoms. The first-order chi connectivity index (χ1) is 7.00. The molecule has 82 valence electrons. The van der Waals surface area contributed by atoms with Crippen LogP contribution in [0.3, 0.4) is 0 Å². The zero-order chi connectivity index (χ0) is 11.1. The van der Waals surface area contributed by atoms with Gasteiger partial charge < -0.3 is 5.32 Å². The van der Waals surface area contributed by atoms with E-state index in [4.69, 9.17) is 4.78 Å². The van der Waals surface area contributed by atoms with Crippen molar-refractivity contribution in [2.75, 3.05) is 11.9 Å². The number of anilines is 1. The average molecular weight is 226 g/mol. The maximum absolute atomic E-state index is 11.5. The molecule has 0 saturated heterocycles. The smallest absolute Gasteiger partial charge is 0.188 e. The van der Waals surface area contributed by atoms with Gasteiger partial charge in [0.25, 0.3) is 0 Å². The molecule has 2 rings (SSSR count). The Morgan fingerprint density at radius 3 is 2.93 bits per heavy atom. The molecular weight excluding hydrogens is 212 g/mol. The van der Waals surface area contributed by atoms with E-state index in [-0.39, 0.29) is 0 Å². The molecule has 1 aromatic rings. The Morgan fingerprint density at radius 2 is 2.27 bits per heavy atom. The third-order valence-corrected chi connectivity index (χ3v) is 3.77. The predicted octanol–water partition coefficient (Wildman–Crippen LogP) is 2.23. The summed E-state index contributed by atoms with van der Waals surface area (Å²) in [5.41, 5.74) is 2.46. The van der Waals surface area contributed by atoms with Gasteiger partial charge in [0.2, 0.25) is 0 Å². The van der Waals surface area contributed by atoms with Crippen molar-refractivity contribution < 1.29 is 8.76 Å². The molecule has 3 N–H and O–H groups in total. The van der Waals surface area contributed by atoms with Crippen molar-refractivity contribution in [1.29, 1.82) is 4.78 Å². The molecule has 0 spiro atoms.